The van der Waals surface area contributed by atoms with Crippen molar-refractivity contribution in [1.82, 2.24) is 15.0 Å². The van der Waals surface area contributed by atoms with Gasteiger partial charge in [-0.25, -0.2) is 4.79 Å². The van der Waals surface area contributed by atoms with E-state index >= 15 is 0 Å². The van der Waals surface area contributed by atoms with Crippen molar-refractivity contribution >= 4 is 17.8 Å². The average molecular weight is 421 g/mol. The molecule has 3 aromatic rings. The highest BCUT2D eigenvalue weighted by atomic mass is 16.6. The minimum absolute atomic E-state index is 0.0140. The van der Waals surface area contributed by atoms with Crippen LogP contribution in [0.25, 0.3) is 0 Å². The summed E-state index contributed by atoms with van der Waals surface area (Å²) in [6, 6.07) is 11.5. The van der Waals surface area contributed by atoms with Gasteiger partial charge in [0.05, 0.1) is 24.8 Å². The molecule has 0 saturated carbocycles. The molecule has 31 heavy (non-hydrogen) atoms. The first-order valence-electron chi connectivity index (χ1n) is 9.62. The Morgan fingerprint density at radius 3 is 2.42 bits per heavy atom. The number of aromatic nitrogens is 2. The predicted molar refractivity (Wildman–Crippen MR) is 106 cm³/mol. The third-order valence-corrected chi connectivity index (χ3v) is 4.86. The quantitative estimate of drug-likeness (QED) is 0.423. The third kappa shape index (κ3) is 3.89. The van der Waals surface area contributed by atoms with Crippen LogP contribution in [-0.2, 0) is 24.3 Å². The van der Waals surface area contributed by atoms with E-state index in [1.165, 1.54) is 13.2 Å². The lowest BCUT2D eigenvalue weighted by molar-refractivity contribution is 0.0426. The van der Waals surface area contributed by atoms with Gasteiger partial charge in [0.1, 0.15) is 11.3 Å². The topological polar surface area (TPSA) is 112 Å². The fourth-order valence-electron chi connectivity index (χ4n) is 3.28. The molecule has 0 spiro atoms. The molecule has 0 bridgehead atoms. The lowest BCUT2D eigenvalue weighted by atomic mass is 10.1. The number of benzene rings is 2. The summed E-state index contributed by atoms with van der Waals surface area (Å²) in [4.78, 5) is 43.1. The van der Waals surface area contributed by atoms with Crippen LogP contribution < -0.4 is 4.74 Å². The molecule has 1 aliphatic heterocycles. The van der Waals surface area contributed by atoms with E-state index in [4.69, 9.17) is 14.0 Å². The number of fused-ring (bicyclic) bond motifs is 1. The van der Waals surface area contributed by atoms with Crippen LogP contribution in [0.4, 0.5) is 0 Å². The van der Waals surface area contributed by atoms with Crippen LogP contribution >= 0.6 is 0 Å². The summed E-state index contributed by atoms with van der Waals surface area (Å²) in [5, 5.41) is 3.75. The average Bonchev–Trinajstić information content (AvgIpc) is 3.36. The van der Waals surface area contributed by atoms with Crippen molar-refractivity contribution in [1.29, 1.82) is 0 Å². The van der Waals surface area contributed by atoms with Crippen molar-refractivity contribution in [3.8, 4) is 5.75 Å². The van der Waals surface area contributed by atoms with Gasteiger partial charge in [-0.15, -0.1) is 0 Å². The van der Waals surface area contributed by atoms with Gasteiger partial charge < -0.3 is 14.0 Å². The molecule has 4 rings (SSSR count). The maximum Gasteiger partial charge on any atom is 0.342 e. The molecule has 9 heteroatoms. The minimum Gasteiger partial charge on any atom is -0.496 e. The number of imide groups is 1. The molecular weight excluding hydrogens is 402 g/mol. The highest BCUT2D eigenvalue weighted by Gasteiger charge is 2.35. The Kier molecular flexibility index (Phi) is 5.48. The van der Waals surface area contributed by atoms with Gasteiger partial charge >= 0.3 is 5.97 Å². The predicted octanol–water partition coefficient (Wildman–Crippen LogP) is 2.79. The number of amides is 2. The van der Waals surface area contributed by atoms with Crippen LogP contribution in [0.15, 0.2) is 47.0 Å². The van der Waals surface area contributed by atoms with Crippen LogP contribution in [-0.4, -0.2) is 39.9 Å². The molecule has 0 aliphatic carbocycles. The van der Waals surface area contributed by atoms with Crippen molar-refractivity contribution in [2.45, 2.75) is 26.5 Å². The van der Waals surface area contributed by atoms with E-state index in [2.05, 4.69) is 10.1 Å². The molecule has 1 aliphatic rings. The van der Waals surface area contributed by atoms with Gasteiger partial charge in [-0.05, 0) is 29.8 Å². The van der Waals surface area contributed by atoms with Gasteiger partial charge in [0.25, 0.3) is 17.7 Å². The van der Waals surface area contributed by atoms with Crippen molar-refractivity contribution < 1.29 is 28.4 Å². The summed E-state index contributed by atoms with van der Waals surface area (Å²) in [5.74, 6) is -0.390. The van der Waals surface area contributed by atoms with Crippen molar-refractivity contribution in [2.24, 2.45) is 0 Å². The van der Waals surface area contributed by atoms with Gasteiger partial charge in [0.15, 0.2) is 12.4 Å². The van der Waals surface area contributed by atoms with Gasteiger partial charge in [-0.1, -0.05) is 30.3 Å². The molecule has 2 amide bonds. The van der Waals surface area contributed by atoms with E-state index in [1.807, 2.05) is 6.92 Å². The van der Waals surface area contributed by atoms with Crippen molar-refractivity contribution in [2.75, 3.05) is 7.11 Å². The summed E-state index contributed by atoms with van der Waals surface area (Å²) >= 11 is 0. The van der Waals surface area contributed by atoms with Crippen molar-refractivity contribution in [3.63, 3.8) is 0 Å². The molecule has 9 nitrogen and oxygen atoms in total. The van der Waals surface area contributed by atoms with E-state index in [-0.39, 0.29) is 36.4 Å². The smallest absolute Gasteiger partial charge is 0.342 e. The number of rotatable bonds is 7. The molecule has 0 fully saturated rings. The summed E-state index contributed by atoms with van der Waals surface area (Å²) in [5.41, 5.74) is 1.47. The van der Waals surface area contributed by atoms with E-state index in [9.17, 15) is 14.4 Å². The molecule has 0 saturated heterocycles. The highest BCUT2D eigenvalue weighted by molar-refractivity contribution is 6.21. The van der Waals surface area contributed by atoms with Crippen LogP contribution in [0.1, 0.15) is 55.3 Å². The first-order chi connectivity index (χ1) is 15.0. The molecule has 2 aromatic carbocycles. The fourth-order valence-corrected chi connectivity index (χ4v) is 3.28. The summed E-state index contributed by atoms with van der Waals surface area (Å²) in [6.45, 7) is 1.71. The Morgan fingerprint density at radius 2 is 1.81 bits per heavy atom. The minimum atomic E-state index is -0.655. The number of hydrogen-bond acceptors (Lipinski definition) is 8. The second-order valence-corrected chi connectivity index (χ2v) is 6.81. The van der Waals surface area contributed by atoms with Crippen LogP contribution in [0.5, 0.6) is 5.75 Å². The second-order valence-electron chi connectivity index (χ2n) is 6.81. The Balaban J connectivity index is 1.51. The van der Waals surface area contributed by atoms with E-state index in [1.54, 1.807) is 36.4 Å². The summed E-state index contributed by atoms with van der Waals surface area (Å²) in [7, 11) is 1.43. The van der Waals surface area contributed by atoms with Gasteiger partial charge in [-0.2, -0.15) is 4.98 Å². The number of aryl methyl sites for hydroxylation is 1. The monoisotopic (exact) mass is 421 g/mol. The molecule has 0 radical (unpaired) electrons. The molecule has 0 N–H and O–H groups in total. The highest BCUT2D eigenvalue weighted by Crippen LogP contribution is 2.27. The maximum atomic E-state index is 12.6. The molecule has 0 atom stereocenters. The van der Waals surface area contributed by atoms with Gasteiger partial charge in [0, 0.05) is 6.42 Å². The number of ether oxygens (including phenoxy) is 2. The zero-order valence-electron chi connectivity index (χ0n) is 17.0. The Bertz CT molecular complexity index is 1130. The zero-order chi connectivity index (χ0) is 22.0. The van der Waals surface area contributed by atoms with E-state index in [0.29, 0.717) is 34.7 Å². The fraction of sp³-hybridized carbons (Fsp3) is 0.227. The second kappa shape index (κ2) is 8.39. The number of methoxy groups -OCH3 is 1. The third-order valence-electron chi connectivity index (χ3n) is 4.86. The first kappa shape index (κ1) is 20.3. The molecule has 1 aromatic heterocycles. The van der Waals surface area contributed by atoms with E-state index < -0.39 is 5.97 Å². The van der Waals surface area contributed by atoms with Crippen LogP contribution in [0, 0.1) is 0 Å². The maximum absolute atomic E-state index is 12.6. The SMILES string of the molecule is CCc1noc(COC(=O)c2cc(CN3C(=O)c4ccccc4C3=O)ccc2OC)n1. The Hall–Kier alpha value is -4.01. The summed E-state index contributed by atoms with van der Waals surface area (Å²) < 4.78 is 15.5. The van der Waals surface area contributed by atoms with Crippen LogP contribution in [0.2, 0.25) is 0 Å². The van der Waals surface area contributed by atoms with Gasteiger partial charge in [0.2, 0.25) is 0 Å². The molecule has 2 heterocycles. The number of carbonyl (C=O) groups excluding carboxylic acids is 3. The number of esters is 1. The molecule has 0 unspecified atom stereocenters. The molecular formula is C22H19N3O6. The van der Waals surface area contributed by atoms with Crippen LogP contribution in [0.3, 0.4) is 0 Å². The summed E-state index contributed by atoms with van der Waals surface area (Å²) in [6.07, 6.45) is 0.602. The van der Waals surface area contributed by atoms with Crippen molar-refractivity contribution in [3.05, 3.63) is 76.4 Å². The zero-order valence-corrected chi connectivity index (χ0v) is 17.0. The number of hydrogen-bond donors (Lipinski definition) is 0. The number of carbonyl (C=O) groups is 3. The Labute approximate surface area is 177 Å². The van der Waals surface area contributed by atoms with E-state index in [0.717, 1.165) is 4.90 Å². The largest absolute Gasteiger partial charge is 0.496 e. The number of nitrogens with zero attached hydrogens (tertiary/aromatic N) is 3. The standard InChI is InChI=1S/C22H19N3O6/c1-3-18-23-19(31-24-18)12-30-22(28)16-10-13(8-9-17(16)29-2)11-25-20(26)14-6-4-5-7-15(14)21(25)27/h4-10H,3,11-12H2,1-2H3. The normalized spacial score (nSPS) is 12.8. The lowest BCUT2D eigenvalue weighted by Gasteiger charge is -2.15. The molecule has 158 valence electrons. The van der Waals surface area contributed by atoms with Gasteiger partial charge in [-0.3, -0.25) is 14.5 Å². The first-order valence-corrected chi connectivity index (χ1v) is 9.62. The lowest BCUT2D eigenvalue weighted by Crippen LogP contribution is -2.29. The Morgan fingerprint density at radius 1 is 1.10 bits per heavy atom.